The molecule has 7 nitrogen and oxygen atoms in total. The van der Waals surface area contributed by atoms with Crippen LogP contribution in [0.3, 0.4) is 0 Å². The minimum Gasteiger partial charge on any atom is -0.454 e. The van der Waals surface area contributed by atoms with Gasteiger partial charge in [0.2, 0.25) is 12.7 Å². The number of sulfonamides is 1. The lowest BCUT2D eigenvalue weighted by atomic mass is 10.0. The van der Waals surface area contributed by atoms with E-state index in [4.69, 9.17) is 9.47 Å². The zero-order valence-electron chi connectivity index (χ0n) is 14.2. The Morgan fingerprint density at radius 1 is 1.12 bits per heavy atom. The number of anilines is 2. The van der Waals surface area contributed by atoms with Gasteiger partial charge in [-0.15, -0.1) is 0 Å². The predicted octanol–water partition coefficient (Wildman–Crippen LogP) is 2.52. The Bertz CT molecular complexity index is 987. The Labute approximate surface area is 151 Å². The van der Waals surface area contributed by atoms with Crippen LogP contribution in [0.5, 0.6) is 11.5 Å². The number of benzene rings is 2. The molecule has 0 saturated heterocycles. The van der Waals surface area contributed by atoms with Gasteiger partial charge in [0.1, 0.15) is 0 Å². The van der Waals surface area contributed by atoms with Gasteiger partial charge in [-0.3, -0.25) is 9.52 Å². The number of carbonyl (C=O) groups is 1. The molecule has 0 radical (unpaired) electrons. The molecule has 0 atom stereocenters. The van der Waals surface area contributed by atoms with Gasteiger partial charge in [-0.25, -0.2) is 8.42 Å². The Morgan fingerprint density at radius 3 is 2.73 bits per heavy atom. The van der Waals surface area contributed by atoms with Gasteiger partial charge in [0, 0.05) is 25.2 Å². The second-order valence-corrected chi connectivity index (χ2v) is 7.92. The second kappa shape index (κ2) is 6.21. The number of ether oxygens (including phenoxy) is 2. The standard InChI is InChI=1S/C18H18N2O5S/c1-12(21)20-8-2-3-13-4-5-14(9-16(13)20)19-26(22,23)15-6-7-17-18(10-15)25-11-24-17/h4-7,9-10,19H,2-3,8,11H2,1H3. The van der Waals surface area contributed by atoms with Crippen molar-refractivity contribution in [3.05, 3.63) is 42.0 Å². The average Bonchev–Trinajstić information content (AvgIpc) is 3.08. The van der Waals surface area contributed by atoms with Crippen molar-refractivity contribution in [3.63, 3.8) is 0 Å². The number of hydrogen-bond acceptors (Lipinski definition) is 5. The highest BCUT2D eigenvalue weighted by molar-refractivity contribution is 7.92. The predicted molar refractivity (Wildman–Crippen MR) is 96.2 cm³/mol. The van der Waals surface area contributed by atoms with Crippen molar-refractivity contribution in [2.45, 2.75) is 24.7 Å². The zero-order valence-corrected chi connectivity index (χ0v) is 15.0. The van der Waals surface area contributed by atoms with E-state index < -0.39 is 10.0 Å². The molecular weight excluding hydrogens is 356 g/mol. The fourth-order valence-electron chi connectivity index (χ4n) is 3.22. The van der Waals surface area contributed by atoms with Crippen LogP contribution in [0.1, 0.15) is 18.9 Å². The molecule has 2 aliphatic rings. The van der Waals surface area contributed by atoms with Crippen molar-refractivity contribution in [1.29, 1.82) is 0 Å². The first-order valence-electron chi connectivity index (χ1n) is 8.27. The van der Waals surface area contributed by atoms with Crippen LogP contribution in [-0.2, 0) is 21.2 Å². The lowest BCUT2D eigenvalue weighted by molar-refractivity contribution is -0.116. The van der Waals surface area contributed by atoms with Gasteiger partial charge in [-0.1, -0.05) is 6.07 Å². The summed E-state index contributed by atoms with van der Waals surface area (Å²) in [6.45, 7) is 2.23. The molecule has 2 heterocycles. The average molecular weight is 374 g/mol. The maximum atomic E-state index is 12.7. The monoisotopic (exact) mass is 374 g/mol. The van der Waals surface area contributed by atoms with E-state index in [2.05, 4.69) is 4.72 Å². The Morgan fingerprint density at radius 2 is 1.92 bits per heavy atom. The fraction of sp³-hybridized carbons (Fsp3) is 0.278. The molecule has 0 unspecified atom stereocenters. The van der Waals surface area contributed by atoms with E-state index in [9.17, 15) is 13.2 Å². The van der Waals surface area contributed by atoms with Crippen LogP contribution in [0.15, 0.2) is 41.3 Å². The fourth-order valence-corrected chi connectivity index (χ4v) is 4.29. The van der Waals surface area contributed by atoms with Crippen LogP contribution in [0.4, 0.5) is 11.4 Å². The summed E-state index contributed by atoms with van der Waals surface area (Å²) in [5, 5.41) is 0. The summed E-state index contributed by atoms with van der Waals surface area (Å²) in [5.74, 6) is 0.873. The Kier molecular flexibility index (Phi) is 3.99. The third kappa shape index (κ3) is 2.96. The third-order valence-corrected chi connectivity index (χ3v) is 5.87. The molecule has 1 N–H and O–H groups in total. The zero-order chi connectivity index (χ0) is 18.3. The van der Waals surface area contributed by atoms with Crippen LogP contribution in [0, 0.1) is 0 Å². The van der Waals surface area contributed by atoms with Gasteiger partial charge in [0.05, 0.1) is 10.6 Å². The molecule has 1 amide bonds. The molecule has 0 fully saturated rings. The summed E-state index contributed by atoms with van der Waals surface area (Å²) in [6.07, 6.45) is 1.77. The molecule has 4 rings (SSSR count). The first-order chi connectivity index (χ1) is 12.4. The summed E-state index contributed by atoms with van der Waals surface area (Å²) in [4.78, 5) is 13.6. The summed E-state index contributed by atoms with van der Waals surface area (Å²) in [7, 11) is -3.79. The van der Waals surface area contributed by atoms with Crippen LogP contribution in [-0.4, -0.2) is 27.7 Å². The van der Waals surface area contributed by atoms with Gasteiger partial charge in [0.25, 0.3) is 10.0 Å². The van der Waals surface area contributed by atoms with Gasteiger partial charge in [0.15, 0.2) is 11.5 Å². The van der Waals surface area contributed by atoms with E-state index in [1.807, 2.05) is 6.07 Å². The van der Waals surface area contributed by atoms with Gasteiger partial charge in [-0.2, -0.15) is 0 Å². The molecule has 0 saturated carbocycles. The van der Waals surface area contributed by atoms with E-state index in [-0.39, 0.29) is 17.6 Å². The number of nitrogens with one attached hydrogen (secondary N) is 1. The number of rotatable bonds is 3. The van der Waals surface area contributed by atoms with Crippen molar-refractivity contribution in [2.24, 2.45) is 0 Å². The molecule has 2 aromatic carbocycles. The molecule has 0 spiro atoms. The lowest BCUT2D eigenvalue weighted by Gasteiger charge is -2.29. The second-order valence-electron chi connectivity index (χ2n) is 6.24. The highest BCUT2D eigenvalue weighted by Crippen LogP contribution is 2.35. The SMILES string of the molecule is CC(=O)N1CCCc2ccc(NS(=O)(=O)c3ccc4c(c3)OCO4)cc21. The summed E-state index contributed by atoms with van der Waals surface area (Å²) >= 11 is 0. The molecular formula is C18H18N2O5S. The number of nitrogens with zero attached hydrogens (tertiary/aromatic N) is 1. The minimum absolute atomic E-state index is 0.0540. The minimum atomic E-state index is -3.79. The molecule has 8 heteroatoms. The topological polar surface area (TPSA) is 84.9 Å². The summed E-state index contributed by atoms with van der Waals surface area (Å²) in [5.41, 5.74) is 2.21. The quantitative estimate of drug-likeness (QED) is 0.892. The first kappa shape index (κ1) is 16.7. The first-order valence-corrected chi connectivity index (χ1v) is 9.76. The maximum absolute atomic E-state index is 12.7. The highest BCUT2D eigenvalue weighted by Gasteiger charge is 2.23. The van der Waals surface area contributed by atoms with E-state index in [1.54, 1.807) is 23.1 Å². The van der Waals surface area contributed by atoms with Crippen molar-refractivity contribution in [2.75, 3.05) is 23.0 Å². The van der Waals surface area contributed by atoms with Gasteiger partial charge >= 0.3 is 0 Å². The molecule has 2 aromatic rings. The number of aryl methyl sites for hydroxylation is 1. The van der Waals surface area contributed by atoms with Crippen LogP contribution >= 0.6 is 0 Å². The maximum Gasteiger partial charge on any atom is 0.262 e. The molecule has 2 aliphatic heterocycles. The number of fused-ring (bicyclic) bond motifs is 2. The molecule has 136 valence electrons. The third-order valence-electron chi connectivity index (χ3n) is 4.49. The lowest BCUT2D eigenvalue weighted by Crippen LogP contribution is -2.33. The molecule has 0 aliphatic carbocycles. The smallest absolute Gasteiger partial charge is 0.262 e. The van der Waals surface area contributed by atoms with Crippen LogP contribution < -0.4 is 19.1 Å². The van der Waals surface area contributed by atoms with Crippen molar-refractivity contribution in [3.8, 4) is 11.5 Å². The van der Waals surface area contributed by atoms with E-state index in [0.29, 0.717) is 23.7 Å². The van der Waals surface area contributed by atoms with Crippen LogP contribution in [0.25, 0.3) is 0 Å². The molecule has 0 bridgehead atoms. The normalized spacial score (nSPS) is 15.5. The Balaban J connectivity index is 1.64. The van der Waals surface area contributed by atoms with E-state index in [1.165, 1.54) is 19.1 Å². The van der Waals surface area contributed by atoms with E-state index in [0.717, 1.165) is 24.1 Å². The molecule has 0 aromatic heterocycles. The summed E-state index contributed by atoms with van der Waals surface area (Å²) in [6, 6.07) is 9.76. The van der Waals surface area contributed by atoms with Crippen molar-refractivity contribution >= 4 is 27.3 Å². The van der Waals surface area contributed by atoms with Crippen LogP contribution in [0.2, 0.25) is 0 Å². The number of amides is 1. The summed E-state index contributed by atoms with van der Waals surface area (Å²) < 4.78 is 38.4. The van der Waals surface area contributed by atoms with Crippen molar-refractivity contribution < 1.29 is 22.7 Å². The number of carbonyl (C=O) groups excluding carboxylic acids is 1. The van der Waals surface area contributed by atoms with Crippen molar-refractivity contribution in [1.82, 2.24) is 0 Å². The molecule has 26 heavy (non-hydrogen) atoms. The van der Waals surface area contributed by atoms with Gasteiger partial charge < -0.3 is 14.4 Å². The van der Waals surface area contributed by atoms with E-state index >= 15 is 0 Å². The largest absolute Gasteiger partial charge is 0.454 e. The van der Waals surface area contributed by atoms with Gasteiger partial charge in [-0.05, 0) is 42.7 Å². The highest BCUT2D eigenvalue weighted by atomic mass is 32.2. The Hall–Kier alpha value is -2.74. The number of hydrogen-bond donors (Lipinski definition) is 1.